The molecule has 2 amide bonds. The van der Waals surface area contributed by atoms with Crippen molar-refractivity contribution < 1.29 is 9.59 Å². The highest BCUT2D eigenvalue weighted by Gasteiger charge is 2.15. The van der Waals surface area contributed by atoms with E-state index in [1.807, 2.05) is 12.1 Å². The van der Waals surface area contributed by atoms with Crippen molar-refractivity contribution in [2.75, 3.05) is 5.32 Å². The van der Waals surface area contributed by atoms with Crippen LogP contribution in [0.4, 0.5) is 5.69 Å². The third-order valence-electron chi connectivity index (χ3n) is 6.13. The highest BCUT2D eigenvalue weighted by atomic mass is 35.5. The second kappa shape index (κ2) is 11.9. The number of pyridine rings is 1. The molecule has 9 heteroatoms. The first-order valence-electron chi connectivity index (χ1n) is 12.1. The van der Waals surface area contributed by atoms with Gasteiger partial charge in [-0.25, -0.2) is 10.4 Å². The molecule has 1 heterocycles. The Morgan fingerprint density at radius 3 is 2.15 bits per heavy atom. The van der Waals surface area contributed by atoms with Crippen molar-refractivity contribution in [1.82, 2.24) is 10.4 Å². The molecule has 0 aliphatic carbocycles. The summed E-state index contributed by atoms with van der Waals surface area (Å²) in [5.74, 6) is -0.676. The van der Waals surface area contributed by atoms with E-state index in [0.29, 0.717) is 54.2 Å². The molecule has 0 radical (unpaired) electrons. The number of hydrogen-bond acceptors (Lipinski definition) is 4. The van der Waals surface area contributed by atoms with Crippen molar-refractivity contribution in [2.24, 2.45) is 5.10 Å². The molecule has 0 spiro atoms. The molecule has 5 rings (SSSR count). The van der Waals surface area contributed by atoms with E-state index in [1.54, 1.807) is 91.9 Å². The van der Waals surface area contributed by atoms with Gasteiger partial charge in [-0.05, 0) is 79.2 Å². The van der Waals surface area contributed by atoms with Crippen molar-refractivity contribution in [2.45, 2.75) is 6.92 Å². The molecular formula is C31H21Cl3N4O2. The second-order valence-electron chi connectivity index (χ2n) is 8.90. The van der Waals surface area contributed by atoms with Crippen LogP contribution in [0.3, 0.4) is 0 Å². The van der Waals surface area contributed by atoms with Crippen molar-refractivity contribution in [1.29, 1.82) is 0 Å². The number of anilines is 1. The Labute approximate surface area is 245 Å². The van der Waals surface area contributed by atoms with Gasteiger partial charge in [0.15, 0.2) is 0 Å². The molecule has 0 aliphatic heterocycles. The van der Waals surface area contributed by atoms with Crippen LogP contribution in [0, 0.1) is 0 Å². The van der Waals surface area contributed by atoms with Gasteiger partial charge in [-0.3, -0.25) is 9.59 Å². The Balaban J connectivity index is 1.35. The standard InChI is InChI=1S/C31H21Cl3N4O2/c1-18(19-7-12-25(13-8-19)35-30(39)21-3-2-4-23(33)15-21)37-38-31(40)27-17-29(20-5-9-22(32)10-6-20)36-28-14-11-24(34)16-26(27)28/h2-17H,1H3,(H,35,39)(H,38,40)/b37-18-. The Morgan fingerprint density at radius 2 is 1.43 bits per heavy atom. The average molecular weight is 588 g/mol. The van der Waals surface area contributed by atoms with Crippen LogP contribution in [-0.2, 0) is 0 Å². The van der Waals surface area contributed by atoms with Crippen LogP contribution in [-0.4, -0.2) is 22.5 Å². The number of carbonyl (C=O) groups is 2. The van der Waals surface area contributed by atoms with E-state index in [0.717, 1.165) is 11.1 Å². The Bertz CT molecular complexity index is 1770. The van der Waals surface area contributed by atoms with Gasteiger partial charge in [0.25, 0.3) is 11.8 Å². The Hall–Kier alpha value is -4.23. The van der Waals surface area contributed by atoms with E-state index < -0.39 is 5.91 Å². The molecule has 0 bridgehead atoms. The van der Waals surface area contributed by atoms with Crippen molar-refractivity contribution in [3.05, 3.63) is 129 Å². The van der Waals surface area contributed by atoms with E-state index in [9.17, 15) is 9.59 Å². The van der Waals surface area contributed by atoms with E-state index in [-0.39, 0.29) is 5.91 Å². The number of nitrogens with zero attached hydrogens (tertiary/aromatic N) is 2. The van der Waals surface area contributed by atoms with Crippen LogP contribution in [0.5, 0.6) is 0 Å². The lowest BCUT2D eigenvalue weighted by Gasteiger charge is -2.10. The van der Waals surface area contributed by atoms with Gasteiger partial charge in [0.1, 0.15) is 0 Å². The molecule has 0 saturated heterocycles. The minimum atomic E-state index is -0.408. The third kappa shape index (κ3) is 6.32. The first kappa shape index (κ1) is 27.3. The minimum absolute atomic E-state index is 0.268. The average Bonchev–Trinajstić information content (AvgIpc) is 2.96. The molecule has 40 heavy (non-hydrogen) atoms. The summed E-state index contributed by atoms with van der Waals surface area (Å²) in [7, 11) is 0. The third-order valence-corrected chi connectivity index (χ3v) is 6.85. The van der Waals surface area contributed by atoms with E-state index in [1.165, 1.54) is 0 Å². The van der Waals surface area contributed by atoms with Gasteiger partial charge in [0, 0.05) is 37.3 Å². The summed E-state index contributed by atoms with van der Waals surface area (Å²) in [5.41, 5.74) is 7.51. The largest absolute Gasteiger partial charge is 0.322 e. The number of amides is 2. The van der Waals surface area contributed by atoms with Crippen molar-refractivity contribution in [3.63, 3.8) is 0 Å². The molecule has 0 atom stereocenters. The zero-order chi connectivity index (χ0) is 28.2. The van der Waals surface area contributed by atoms with Gasteiger partial charge in [-0.1, -0.05) is 65.1 Å². The molecule has 0 saturated carbocycles. The number of halogens is 3. The summed E-state index contributed by atoms with van der Waals surface area (Å²) in [5, 5.41) is 9.33. The number of nitrogens with one attached hydrogen (secondary N) is 2. The molecule has 198 valence electrons. The minimum Gasteiger partial charge on any atom is -0.322 e. The summed E-state index contributed by atoms with van der Waals surface area (Å²) in [4.78, 5) is 30.5. The molecule has 6 nitrogen and oxygen atoms in total. The Kier molecular flexibility index (Phi) is 8.12. The predicted molar refractivity (Wildman–Crippen MR) is 163 cm³/mol. The number of hydrogen-bond donors (Lipinski definition) is 2. The lowest BCUT2D eigenvalue weighted by Crippen LogP contribution is -2.20. The lowest BCUT2D eigenvalue weighted by molar-refractivity contribution is 0.0955. The molecule has 0 aliphatic rings. The van der Waals surface area contributed by atoms with Gasteiger partial charge in [-0.15, -0.1) is 0 Å². The number of fused-ring (bicyclic) bond motifs is 1. The summed E-state index contributed by atoms with van der Waals surface area (Å²) in [6, 6.07) is 28.0. The molecular weight excluding hydrogens is 567 g/mol. The second-order valence-corrected chi connectivity index (χ2v) is 10.2. The summed E-state index contributed by atoms with van der Waals surface area (Å²) in [6.45, 7) is 1.78. The number of hydrazone groups is 1. The summed E-state index contributed by atoms with van der Waals surface area (Å²) >= 11 is 18.2. The quantitative estimate of drug-likeness (QED) is 0.155. The van der Waals surface area contributed by atoms with Gasteiger partial charge < -0.3 is 5.32 Å². The first-order valence-corrected chi connectivity index (χ1v) is 13.3. The van der Waals surface area contributed by atoms with Crippen LogP contribution in [0.2, 0.25) is 15.1 Å². The normalized spacial score (nSPS) is 11.3. The van der Waals surface area contributed by atoms with Gasteiger partial charge in [0.2, 0.25) is 0 Å². The maximum absolute atomic E-state index is 13.3. The summed E-state index contributed by atoms with van der Waals surface area (Å²) < 4.78 is 0. The van der Waals surface area contributed by atoms with Crippen LogP contribution in [0.15, 0.2) is 102 Å². The van der Waals surface area contributed by atoms with Crippen LogP contribution < -0.4 is 10.7 Å². The molecule has 5 aromatic rings. The number of aromatic nitrogens is 1. The lowest BCUT2D eigenvalue weighted by atomic mass is 10.0. The monoisotopic (exact) mass is 586 g/mol. The van der Waals surface area contributed by atoms with Crippen molar-refractivity contribution in [3.8, 4) is 11.3 Å². The number of rotatable bonds is 6. The van der Waals surface area contributed by atoms with E-state index in [2.05, 4.69) is 15.8 Å². The van der Waals surface area contributed by atoms with Gasteiger partial charge in [0.05, 0.1) is 22.5 Å². The topological polar surface area (TPSA) is 83.4 Å². The zero-order valence-electron chi connectivity index (χ0n) is 21.1. The van der Waals surface area contributed by atoms with Gasteiger partial charge >= 0.3 is 0 Å². The van der Waals surface area contributed by atoms with E-state index >= 15 is 0 Å². The first-order chi connectivity index (χ1) is 19.3. The number of carbonyl (C=O) groups excluding carboxylic acids is 2. The smallest absolute Gasteiger partial charge is 0.272 e. The highest BCUT2D eigenvalue weighted by Crippen LogP contribution is 2.28. The predicted octanol–water partition coefficient (Wildman–Crippen LogP) is 8.27. The van der Waals surface area contributed by atoms with Crippen LogP contribution in [0.25, 0.3) is 22.2 Å². The molecule has 2 N–H and O–H groups in total. The molecule has 1 aromatic heterocycles. The molecule has 4 aromatic carbocycles. The van der Waals surface area contributed by atoms with E-state index in [4.69, 9.17) is 39.8 Å². The molecule has 0 fully saturated rings. The highest BCUT2D eigenvalue weighted by molar-refractivity contribution is 6.32. The van der Waals surface area contributed by atoms with Crippen LogP contribution >= 0.6 is 34.8 Å². The maximum atomic E-state index is 13.3. The Morgan fingerprint density at radius 1 is 0.725 bits per heavy atom. The van der Waals surface area contributed by atoms with Crippen LogP contribution in [0.1, 0.15) is 33.2 Å². The van der Waals surface area contributed by atoms with Crippen molar-refractivity contribution >= 4 is 68.9 Å². The fourth-order valence-electron chi connectivity index (χ4n) is 4.04. The number of benzene rings is 4. The molecule has 0 unspecified atom stereocenters. The zero-order valence-corrected chi connectivity index (χ0v) is 23.4. The maximum Gasteiger partial charge on any atom is 0.272 e. The SMILES string of the molecule is C/C(=N/NC(=O)c1cc(-c2ccc(Cl)cc2)nc2ccc(Cl)cc12)c1ccc(NC(=O)c2cccc(Cl)c2)cc1. The fraction of sp³-hybridized carbons (Fsp3) is 0.0323. The summed E-state index contributed by atoms with van der Waals surface area (Å²) in [6.07, 6.45) is 0. The van der Waals surface area contributed by atoms with Gasteiger partial charge in [-0.2, -0.15) is 5.10 Å². The fourth-order valence-corrected chi connectivity index (χ4v) is 4.53.